The van der Waals surface area contributed by atoms with Crippen molar-refractivity contribution in [3.05, 3.63) is 97.2 Å². The van der Waals surface area contributed by atoms with Gasteiger partial charge >= 0.3 is 0 Å². The maximum atomic E-state index is 4.21. The van der Waals surface area contributed by atoms with Crippen LogP contribution >= 0.6 is 15.3 Å². The first kappa shape index (κ1) is 14.5. The highest BCUT2D eigenvalue weighted by molar-refractivity contribution is 9.27. The maximum absolute atomic E-state index is 4.21. The van der Waals surface area contributed by atoms with Crippen molar-refractivity contribution in [1.29, 1.82) is 0 Å². The molecular weight excluding hydrogens is 362 g/mol. The van der Waals surface area contributed by atoms with Gasteiger partial charge in [-0.15, -0.1) is 0 Å². The molecule has 0 aliphatic rings. The van der Waals surface area contributed by atoms with E-state index in [0.29, 0.717) is 0 Å². The molecule has 0 atom stereocenters. The number of aromatic nitrogens is 1. The van der Waals surface area contributed by atoms with Gasteiger partial charge in [-0.05, 0) is 34.1 Å². The molecule has 0 aliphatic carbocycles. The van der Waals surface area contributed by atoms with E-state index >= 15 is 0 Å². The Kier molecular flexibility index (Phi) is 3.67. The molecule has 1 heterocycles. The average molecular weight is 378 g/mol. The Morgan fingerprint density at radius 2 is 1.13 bits per heavy atom. The van der Waals surface area contributed by atoms with Gasteiger partial charge in [-0.1, -0.05) is 94.2 Å². The van der Waals surface area contributed by atoms with Crippen molar-refractivity contribution in [2.45, 2.75) is 0 Å². The number of hydrogen-bond donors (Lipinski definition) is 0. The van der Waals surface area contributed by atoms with E-state index in [9.17, 15) is 0 Å². The van der Waals surface area contributed by atoms with Crippen molar-refractivity contribution in [2.24, 2.45) is 0 Å². The summed E-state index contributed by atoms with van der Waals surface area (Å²) in [5, 5.41) is 3.95. The van der Waals surface area contributed by atoms with Crippen LogP contribution in [0.1, 0.15) is 0 Å². The van der Waals surface area contributed by atoms with Gasteiger partial charge < -0.3 is 4.23 Å². The van der Waals surface area contributed by atoms with E-state index in [4.69, 9.17) is 0 Å². The fraction of sp³-hybridized carbons (Fsp3) is 0. The molecule has 4 rings (SSSR count). The molecule has 0 saturated heterocycles. The second-order valence-electron chi connectivity index (χ2n) is 5.60. The topological polar surface area (TPSA) is 4.93 Å². The van der Waals surface area contributed by atoms with Gasteiger partial charge in [0.1, 0.15) is 0 Å². The van der Waals surface area contributed by atoms with Crippen molar-refractivity contribution < 1.29 is 0 Å². The third-order valence-corrected chi connectivity index (χ3v) is 11.4. The summed E-state index contributed by atoms with van der Waals surface area (Å²) in [6.45, 7) is -2.26. The maximum Gasteiger partial charge on any atom is 0.297 e. The summed E-state index contributed by atoms with van der Waals surface area (Å²) in [5.74, 6) is 0. The standard InChI is InChI=1S/C20H16BrNSi/c21-23(18-10-3-1-4-11-18,19-12-5-2-6-13-19)22-16-15-17-9-7-8-14-20(17)22/h1-16H. The number of halogens is 1. The van der Waals surface area contributed by atoms with Gasteiger partial charge in [0.25, 0.3) is 6.85 Å². The lowest BCUT2D eigenvalue weighted by atomic mass is 10.3. The van der Waals surface area contributed by atoms with Crippen molar-refractivity contribution in [1.82, 2.24) is 4.23 Å². The fourth-order valence-corrected chi connectivity index (χ4v) is 8.60. The van der Waals surface area contributed by atoms with Crippen LogP contribution in [0.4, 0.5) is 0 Å². The van der Waals surface area contributed by atoms with E-state index in [1.54, 1.807) is 0 Å². The van der Waals surface area contributed by atoms with E-state index in [0.717, 1.165) is 0 Å². The normalized spacial score (nSPS) is 11.7. The van der Waals surface area contributed by atoms with Gasteiger partial charge in [0.2, 0.25) is 0 Å². The van der Waals surface area contributed by atoms with E-state index < -0.39 is 6.85 Å². The zero-order valence-corrected chi connectivity index (χ0v) is 15.1. The molecule has 1 aromatic heterocycles. The summed E-state index contributed by atoms with van der Waals surface area (Å²) in [6.07, 6.45) is 2.21. The number of fused-ring (bicyclic) bond motifs is 1. The fourth-order valence-electron chi connectivity index (χ4n) is 3.11. The van der Waals surface area contributed by atoms with Crippen LogP contribution in [-0.2, 0) is 0 Å². The minimum Gasteiger partial charge on any atom is -0.357 e. The minimum absolute atomic E-state index is 1.27. The minimum atomic E-state index is -2.26. The molecule has 0 N–H and O–H groups in total. The van der Waals surface area contributed by atoms with Crippen molar-refractivity contribution >= 4 is 43.4 Å². The molecule has 0 saturated carbocycles. The van der Waals surface area contributed by atoms with Gasteiger partial charge in [0.15, 0.2) is 0 Å². The molecule has 3 aromatic carbocycles. The third kappa shape index (κ3) is 2.37. The van der Waals surface area contributed by atoms with Gasteiger partial charge in [-0.2, -0.15) is 0 Å². The lowest BCUT2D eigenvalue weighted by Gasteiger charge is -2.29. The highest BCUT2D eigenvalue weighted by atomic mass is 79.9. The first-order valence-corrected chi connectivity index (χ1v) is 11.9. The molecule has 0 unspecified atom stereocenters. The molecule has 0 fully saturated rings. The number of benzene rings is 3. The van der Waals surface area contributed by atoms with Crippen LogP contribution in [0, 0.1) is 0 Å². The van der Waals surface area contributed by atoms with E-state index in [1.165, 1.54) is 21.3 Å². The smallest absolute Gasteiger partial charge is 0.297 e. The van der Waals surface area contributed by atoms with E-state index in [-0.39, 0.29) is 0 Å². The second-order valence-corrected chi connectivity index (χ2v) is 11.9. The van der Waals surface area contributed by atoms with Gasteiger partial charge in [-0.3, -0.25) is 0 Å². The SMILES string of the molecule is Br[Si](c1ccccc1)(c1ccccc1)n1ccc2ccccc21. The summed E-state index contributed by atoms with van der Waals surface area (Å²) in [4.78, 5) is 0. The first-order valence-electron chi connectivity index (χ1n) is 7.67. The largest absolute Gasteiger partial charge is 0.357 e. The zero-order chi connectivity index (χ0) is 15.7. The second kappa shape index (κ2) is 5.83. The van der Waals surface area contributed by atoms with Gasteiger partial charge in [-0.25, -0.2) is 0 Å². The molecule has 0 amide bonds. The number of para-hydroxylation sites is 1. The zero-order valence-electron chi connectivity index (χ0n) is 12.6. The lowest BCUT2D eigenvalue weighted by Crippen LogP contribution is -2.59. The summed E-state index contributed by atoms with van der Waals surface area (Å²) >= 11 is 4.21. The van der Waals surface area contributed by atoms with E-state index in [1.807, 2.05) is 0 Å². The van der Waals surface area contributed by atoms with Crippen molar-refractivity contribution in [3.8, 4) is 0 Å². The highest BCUT2D eigenvalue weighted by Crippen LogP contribution is 2.24. The number of nitrogens with zero attached hydrogens (tertiary/aromatic N) is 1. The Morgan fingerprint density at radius 3 is 1.74 bits per heavy atom. The number of hydrogen-bond acceptors (Lipinski definition) is 0. The van der Waals surface area contributed by atoms with Crippen LogP contribution < -0.4 is 10.4 Å². The van der Waals surface area contributed by atoms with Crippen LogP contribution in [0.3, 0.4) is 0 Å². The molecule has 23 heavy (non-hydrogen) atoms. The summed E-state index contributed by atoms with van der Waals surface area (Å²) < 4.78 is 2.44. The molecule has 3 heteroatoms. The van der Waals surface area contributed by atoms with Gasteiger partial charge in [0, 0.05) is 5.52 Å². The molecule has 112 valence electrons. The molecule has 0 radical (unpaired) electrons. The molecule has 1 nitrogen and oxygen atoms in total. The first-order chi connectivity index (χ1) is 11.3. The van der Waals surface area contributed by atoms with Crippen molar-refractivity contribution in [2.75, 3.05) is 0 Å². The predicted molar refractivity (Wildman–Crippen MR) is 104 cm³/mol. The Morgan fingerprint density at radius 1 is 0.609 bits per heavy atom. The Bertz CT molecular complexity index is 892. The summed E-state index contributed by atoms with van der Waals surface area (Å²) in [6, 6.07) is 32.3. The Balaban J connectivity index is 2.04. The van der Waals surface area contributed by atoms with Gasteiger partial charge in [0.05, 0.1) is 0 Å². The van der Waals surface area contributed by atoms with Crippen LogP contribution in [0.25, 0.3) is 10.9 Å². The van der Waals surface area contributed by atoms with Crippen LogP contribution in [-0.4, -0.2) is 11.1 Å². The molecule has 0 bridgehead atoms. The van der Waals surface area contributed by atoms with Crippen LogP contribution in [0.15, 0.2) is 97.2 Å². The monoisotopic (exact) mass is 377 g/mol. The molecule has 0 spiro atoms. The molecular formula is C20H16BrNSi. The lowest BCUT2D eigenvalue weighted by molar-refractivity contribution is 1.27. The third-order valence-electron chi connectivity index (χ3n) is 4.24. The van der Waals surface area contributed by atoms with Crippen LogP contribution in [0.5, 0.6) is 0 Å². The molecule has 0 aliphatic heterocycles. The van der Waals surface area contributed by atoms with E-state index in [2.05, 4.69) is 117 Å². The average Bonchev–Trinajstić information content (AvgIpc) is 3.07. The summed E-state index contributed by atoms with van der Waals surface area (Å²) in [7, 11) is 0. The quantitative estimate of drug-likeness (QED) is 0.373. The number of rotatable bonds is 3. The highest BCUT2D eigenvalue weighted by Gasteiger charge is 2.38. The van der Waals surface area contributed by atoms with Crippen LogP contribution in [0.2, 0.25) is 0 Å². The molecule has 4 aromatic rings. The Hall–Kier alpha value is -2.10. The van der Waals surface area contributed by atoms with Crippen molar-refractivity contribution in [3.63, 3.8) is 0 Å². The Labute approximate surface area is 144 Å². The summed E-state index contributed by atoms with van der Waals surface area (Å²) in [5.41, 5.74) is 1.27. The predicted octanol–water partition coefficient (Wildman–Crippen LogP) is 4.14.